The van der Waals surface area contributed by atoms with E-state index in [2.05, 4.69) is 52.0 Å². The maximum Gasteiger partial charge on any atom is 0.176 e. The van der Waals surface area contributed by atoms with Crippen molar-refractivity contribution >= 4 is 10.8 Å². The summed E-state index contributed by atoms with van der Waals surface area (Å²) in [5.41, 5.74) is 3.69. The zero-order valence-electron chi connectivity index (χ0n) is 15.4. The third-order valence-corrected chi connectivity index (χ3v) is 4.60. The van der Waals surface area contributed by atoms with Gasteiger partial charge in [0.15, 0.2) is 5.75 Å². The lowest BCUT2D eigenvalue weighted by molar-refractivity contribution is -0.138. The molecule has 0 fully saturated rings. The average molecular weight is 336 g/mol. The summed E-state index contributed by atoms with van der Waals surface area (Å²) in [4.78, 5) is 4.91. The summed E-state index contributed by atoms with van der Waals surface area (Å²) in [6.07, 6.45) is 0. The molecule has 0 saturated heterocycles. The minimum Gasteiger partial charge on any atom is -0.497 e. The van der Waals surface area contributed by atoms with Crippen LogP contribution in [0.3, 0.4) is 0 Å². The van der Waals surface area contributed by atoms with Gasteiger partial charge in [-0.25, -0.2) is 5.26 Å². The van der Waals surface area contributed by atoms with E-state index in [1.54, 1.807) is 7.11 Å². The number of aryl methyl sites for hydroxylation is 1. The number of methoxy groups -OCH3 is 1. The number of hydrogen-bond acceptors (Lipinski definition) is 3. The Bertz CT molecular complexity index is 920. The molecule has 0 aliphatic heterocycles. The van der Waals surface area contributed by atoms with Gasteiger partial charge < -0.3 is 9.62 Å². The lowest BCUT2D eigenvalue weighted by Gasteiger charge is -2.24. The van der Waals surface area contributed by atoms with Gasteiger partial charge in [0.05, 0.1) is 7.11 Å². The number of hydrogen-bond donors (Lipinski definition) is 1. The highest BCUT2D eigenvalue weighted by atomic mass is 17.1. The van der Waals surface area contributed by atoms with Crippen LogP contribution >= 0.6 is 0 Å². The Hall–Kier alpha value is -2.52. The predicted molar refractivity (Wildman–Crippen MR) is 103 cm³/mol. The van der Waals surface area contributed by atoms with Crippen molar-refractivity contribution in [1.82, 2.24) is 0 Å². The molecule has 0 bridgehead atoms. The molecule has 3 rings (SSSR count). The van der Waals surface area contributed by atoms with Crippen molar-refractivity contribution in [3.63, 3.8) is 0 Å². The minimum atomic E-state index is -0.208. The van der Waals surface area contributed by atoms with Gasteiger partial charge in [-0.2, -0.15) is 0 Å². The van der Waals surface area contributed by atoms with Crippen LogP contribution in [-0.4, -0.2) is 12.4 Å². The fraction of sp³-hybridized carbons (Fsp3) is 0.273. The lowest BCUT2D eigenvalue weighted by Crippen LogP contribution is -2.14. The Kier molecular flexibility index (Phi) is 4.44. The zero-order valence-corrected chi connectivity index (χ0v) is 15.4. The number of benzene rings is 3. The van der Waals surface area contributed by atoms with E-state index in [0.717, 1.165) is 38.8 Å². The van der Waals surface area contributed by atoms with Crippen molar-refractivity contribution in [2.45, 2.75) is 33.1 Å². The smallest absolute Gasteiger partial charge is 0.176 e. The van der Waals surface area contributed by atoms with Gasteiger partial charge in [0, 0.05) is 11.1 Å². The van der Waals surface area contributed by atoms with Crippen LogP contribution < -0.4 is 9.62 Å². The summed E-state index contributed by atoms with van der Waals surface area (Å²) in [5.74, 6) is 1.22. The predicted octanol–water partition coefficient (Wildman–Crippen LogP) is 5.97. The van der Waals surface area contributed by atoms with E-state index in [1.807, 2.05) is 24.3 Å². The Morgan fingerprint density at radius 1 is 0.960 bits per heavy atom. The van der Waals surface area contributed by atoms with Crippen LogP contribution in [-0.2, 0) is 5.41 Å². The molecule has 0 amide bonds. The molecule has 0 spiro atoms. The second-order valence-corrected chi connectivity index (χ2v) is 7.37. The molecule has 0 radical (unpaired) electrons. The van der Waals surface area contributed by atoms with Crippen molar-refractivity contribution in [1.29, 1.82) is 0 Å². The van der Waals surface area contributed by atoms with Gasteiger partial charge in [-0.1, -0.05) is 57.2 Å². The summed E-state index contributed by atoms with van der Waals surface area (Å²) in [7, 11) is 1.65. The van der Waals surface area contributed by atoms with Gasteiger partial charge >= 0.3 is 0 Å². The first-order chi connectivity index (χ1) is 11.9. The fourth-order valence-corrected chi connectivity index (χ4v) is 3.30. The van der Waals surface area contributed by atoms with Gasteiger partial charge in [0.25, 0.3) is 0 Å². The maximum absolute atomic E-state index is 9.71. The number of rotatable bonds is 3. The molecule has 3 aromatic carbocycles. The Balaban J connectivity index is 2.44. The van der Waals surface area contributed by atoms with Crippen LogP contribution in [0.2, 0.25) is 0 Å². The van der Waals surface area contributed by atoms with Gasteiger partial charge in [0.1, 0.15) is 5.75 Å². The molecule has 3 heteroatoms. The second-order valence-electron chi connectivity index (χ2n) is 7.37. The van der Waals surface area contributed by atoms with E-state index in [9.17, 15) is 5.26 Å². The van der Waals surface area contributed by atoms with Crippen molar-refractivity contribution in [3.05, 3.63) is 59.7 Å². The first-order valence-electron chi connectivity index (χ1n) is 8.39. The van der Waals surface area contributed by atoms with Gasteiger partial charge in [0.2, 0.25) is 0 Å². The normalized spacial score (nSPS) is 11.6. The summed E-state index contributed by atoms with van der Waals surface area (Å²) in [6, 6.07) is 16.3. The largest absolute Gasteiger partial charge is 0.497 e. The summed E-state index contributed by atoms with van der Waals surface area (Å²) in [6.45, 7) is 8.33. The van der Waals surface area contributed by atoms with Crippen molar-refractivity contribution in [2.24, 2.45) is 0 Å². The van der Waals surface area contributed by atoms with Gasteiger partial charge in [-0.15, -0.1) is 0 Å². The first kappa shape index (κ1) is 17.3. The molecule has 0 saturated carbocycles. The highest BCUT2D eigenvalue weighted by molar-refractivity contribution is 6.00. The van der Waals surface area contributed by atoms with Crippen molar-refractivity contribution in [2.75, 3.05) is 7.11 Å². The molecule has 130 valence electrons. The van der Waals surface area contributed by atoms with E-state index in [4.69, 9.17) is 9.62 Å². The maximum atomic E-state index is 9.71. The molecule has 25 heavy (non-hydrogen) atoms. The summed E-state index contributed by atoms with van der Waals surface area (Å²) < 4.78 is 5.53. The monoisotopic (exact) mass is 336 g/mol. The second kappa shape index (κ2) is 6.41. The zero-order chi connectivity index (χ0) is 18.2. The Morgan fingerprint density at radius 2 is 1.68 bits per heavy atom. The highest BCUT2D eigenvalue weighted by Gasteiger charge is 2.25. The number of fused-ring (bicyclic) bond motifs is 1. The SMILES string of the molecule is COc1cc(-c2c(C)ccc3ccccc23)c(OO)c(C(C)(C)C)c1. The quantitative estimate of drug-likeness (QED) is 0.473. The third-order valence-electron chi connectivity index (χ3n) is 4.60. The van der Waals surface area contributed by atoms with E-state index in [1.165, 1.54) is 0 Å². The molecule has 0 atom stereocenters. The summed E-state index contributed by atoms with van der Waals surface area (Å²) >= 11 is 0. The lowest BCUT2D eigenvalue weighted by atomic mass is 9.83. The van der Waals surface area contributed by atoms with Crippen molar-refractivity contribution in [3.8, 4) is 22.6 Å². The molecule has 0 unspecified atom stereocenters. The fourth-order valence-electron chi connectivity index (χ4n) is 3.30. The minimum absolute atomic E-state index is 0.208. The molecule has 0 heterocycles. The first-order valence-corrected chi connectivity index (χ1v) is 8.39. The molecule has 1 N–H and O–H groups in total. The highest BCUT2D eigenvalue weighted by Crippen LogP contribution is 2.45. The number of ether oxygens (including phenoxy) is 1. The summed E-state index contributed by atoms with van der Waals surface area (Å²) in [5, 5.41) is 12.0. The van der Waals surface area contributed by atoms with E-state index in [0.29, 0.717) is 5.75 Å². The average Bonchev–Trinajstić information content (AvgIpc) is 2.59. The molecule has 0 aliphatic rings. The molecule has 3 nitrogen and oxygen atoms in total. The van der Waals surface area contributed by atoms with Gasteiger partial charge in [-0.3, -0.25) is 0 Å². The van der Waals surface area contributed by atoms with Crippen LogP contribution in [0.25, 0.3) is 21.9 Å². The third kappa shape index (κ3) is 3.08. The topological polar surface area (TPSA) is 38.7 Å². The Labute approximate surface area is 148 Å². The molecule has 0 aliphatic carbocycles. The van der Waals surface area contributed by atoms with Crippen LogP contribution in [0.4, 0.5) is 0 Å². The molecular formula is C22H24O3. The van der Waals surface area contributed by atoms with E-state index < -0.39 is 0 Å². The van der Waals surface area contributed by atoms with Gasteiger partial charge in [-0.05, 0) is 46.4 Å². The van der Waals surface area contributed by atoms with E-state index >= 15 is 0 Å². The molecular weight excluding hydrogens is 312 g/mol. The molecule has 0 aromatic heterocycles. The van der Waals surface area contributed by atoms with Crippen LogP contribution in [0, 0.1) is 6.92 Å². The van der Waals surface area contributed by atoms with Crippen LogP contribution in [0.5, 0.6) is 11.5 Å². The molecule has 3 aromatic rings. The standard InChI is InChI=1S/C22H24O3/c1-14-10-11-15-8-6-7-9-17(15)20(14)18-12-16(24-5)13-19(21(18)25-23)22(2,3)4/h6-13,23H,1-5H3. The van der Waals surface area contributed by atoms with Crippen LogP contribution in [0.1, 0.15) is 31.9 Å². The van der Waals surface area contributed by atoms with Crippen molar-refractivity contribution < 1.29 is 14.9 Å². The van der Waals surface area contributed by atoms with Crippen LogP contribution in [0.15, 0.2) is 48.5 Å². The van der Waals surface area contributed by atoms with E-state index in [-0.39, 0.29) is 5.41 Å². The Morgan fingerprint density at radius 3 is 2.32 bits per heavy atom.